The van der Waals surface area contributed by atoms with E-state index in [9.17, 15) is 23.5 Å². The molecule has 3 rings (SSSR count). The predicted molar refractivity (Wildman–Crippen MR) is 134 cm³/mol. The smallest absolute Gasteiger partial charge is 0.289 e. The van der Waals surface area contributed by atoms with Gasteiger partial charge < -0.3 is 25.2 Å². The number of aryl methyl sites for hydroxylation is 1. The van der Waals surface area contributed by atoms with E-state index < -0.39 is 34.5 Å². The first-order chi connectivity index (χ1) is 17.8. The molecule has 0 aliphatic carbocycles. The Bertz CT molecular complexity index is 1290. The quantitative estimate of drug-likeness (QED) is 0.317. The van der Waals surface area contributed by atoms with Crippen molar-refractivity contribution in [3.05, 3.63) is 75.3 Å². The number of hydrogen-bond donors (Lipinski definition) is 3. The van der Waals surface area contributed by atoms with Gasteiger partial charge in [-0.25, -0.2) is 8.78 Å². The second kappa shape index (κ2) is 12.8. The van der Waals surface area contributed by atoms with Gasteiger partial charge in [0, 0.05) is 31.6 Å². The van der Waals surface area contributed by atoms with Gasteiger partial charge in [-0.15, -0.1) is 0 Å². The molecule has 0 saturated carbocycles. The molecule has 0 aliphatic heterocycles. The van der Waals surface area contributed by atoms with Gasteiger partial charge in [0.25, 0.3) is 11.5 Å². The minimum atomic E-state index is -0.944. The van der Waals surface area contributed by atoms with Gasteiger partial charge in [-0.1, -0.05) is 31.5 Å². The highest BCUT2D eigenvalue weighted by molar-refractivity contribution is 5.96. The summed E-state index contributed by atoms with van der Waals surface area (Å²) in [5.74, 6) is -2.37. The fourth-order valence-electron chi connectivity index (χ4n) is 3.80. The van der Waals surface area contributed by atoms with Crippen LogP contribution in [0.25, 0.3) is 5.69 Å². The Morgan fingerprint density at radius 1 is 1.08 bits per heavy atom. The SMILES string of the molecule is CCCCc1nc(=O)c(C(=O)NCCNCc2cccc(F)c2F)c(O)n1-c1c(OC)cccc1OC. The number of para-hydroxylation sites is 1. The largest absolute Gasteiger partial charge is 0.494 e. The van der Waals surface area contributed by atoms with Crippen molar-refractivity contribution in [2.24, 2.45) is 0 Å². The number of nitrogens with zero attached hydrogens (tertiary/aromatic N) is 2. The zero-order valence-electron chi connectivity index (χ0n) is 20.9. The van der Waals surface area contributed by atoms with Gasteiger partial charge in [0.2, 0.25) is 5.88 Å². The van der Waals surface area contributed by atoms with Crippen molar-refractivity contribution in [3.8, 4) is 23.1 Å². The van der Waals surface area contributed by atoms with Crippen molar-refractivity contribution in [1.82, 2.24) is 20.2 Å². The molecule has 9 nitrogen and oxygen atoms in total. The van der Waals surface area contributed by atoms with Crippen LogP contribution in [0.4, 0.5) is 8.78 Å². The minimum Gasteiger partial charge on any atom is -0.494 e. The van der Waals surface area contributed by atoms with Crippen LogP contribution in [0.15, 0.2) is 41.2 Å². The third-order valence-corrected chi connectivity index (χ3v) is 5.68. The fraction of sp³-hybridized carbons (Fsp3) is 0.346. The highest BCUT2D eigenvalue weighted by Gasteiger charge is 2.26. The Hall–Kier alpha value is -3.99. The van der Waals surface area contributed by atoms with Crippen molar-refractivity contribution < 1.29 is 28.2 Å². The second-order valence-corrected chi connectivity index (χ2v) is 8.13. The zero-order valence-corrected chi connectivity index (χ0v) is 20.9. The van der Waals surface area contributed by atoms with E-state index in [0.717, 1.165) is 12.5 Å². The van der Waals surface area contributed by atoms with E-state index in [0.29, 0.717) is 30.0 Å². The van der Waals surface area contributed by atoms with E-state index in [-0.39, 0.29) is 31.0 Å². The van der Waals surface area contributed by atoms with Gasteiger partial charge in [-0.05, 0) is 24.6 Å². The fourth-order valence-corrected chi connectivity index (χ4v) is 3.80. The normalized spacial score (nSPS) is 10.8. The number of aromatic nitrogens is 2. The van der Waals surface area contributed by atoms with Gasteiger partial charge in [0.05, 0.1) is 14.2 Å². The molecule has 0 atom stereocenters. The highest BCUT2D eigenvalue weighted by atomic mass is 19.2. The summed E-state index contributed by atoms with van der Waals surface area (Å²) in [6.45, 7) is 2.26. The van der Waals surface area contributed by atoms with E-state index in [4.69, 9.17) is 9.47 Å². The van der Waals surface area contributed by atoms with Crippen LogP contribution in [0.2, 0.25) is 0 Å². The molecule has 1 heterocycles. The number of benzene rings is 2. The van der Waals surface area contributed by atoms with Crippen LogP contribution in [0.3, 0.4) is 0 Å². The number of aromatic hydroxyl groups is 1. The van der Waals surface area contributed by atoms with E-state index >= 15 is 0 Å². The number of ether oxygens (including phenoxy) is 2. The Morgan fingerprint density at radius 2 is 1.76 bits per heavy atom. The van der Waals surface area contributed by atoms with Crippen LogP contribution in [-0.4, -0.2) is 47.9 Å². The van der Waals surface area contributed by atoms with Crippen LogP contribution >= 0.6 is 0 Å². The average molecular weight is 517 g/mol. The number of methoxy groups -OCH3 is 2. The van der Waals surface area contributed by atoms with E-state index in [1.165, 1.54) is 30.9 Å². The third kappa shape index (κ3) is 6.23. The Kier molecular flexibility index (Phi) is 9.56. The summed E-state index contributed by atoms with van der Waals surface area (Å²) in [5, 5.41) is 16.6. The van der Waals surface area contributed by atoms with Crippen LogP contribution in [0.5, 0.6) is 17.4 Å². The molecule has 0 radical (unpaired) electrons. The molecule has 1 aromatic heterocycles. The summed E-state index contributed by atoms with van der Waals surface area (Å²) < 4.78 is 39.3. The van der Waals surface area contributed by atoms with E-state index in [2.05, 4.69) is 15.6 Å². The Morgan fingerprint density at radius 3 is 2.41 bits per heavy atom. The van der Waals surface area contributed by atoms with Gasteiger partial charge >= 0.3 is 0 Å². The summed E-state index contributed by atoms with van der Waals surface area (Å²) in [6.07, 6.45) is 1.86. The maximum atomic E-state index is 13.8. The molecule has 0 fully saturated rings. The summed E-state index contributed by atoms with van der Waals surface area (Å²) in [5.41, 5.74) is -0.966. The maximum Gasteiger partial charge on any atom is 0.289 e. The molecule has 3 aromatic rings. The van der Waals surface area contributed by atoms with E-state index in [1.54, 1.807) is 18.2 Å². The van der Waals surface area contributed by atoms with Crippen LogP contribution < -0.4 is 25.7 Å². The molecule has 3 N–H and O–H groups in total. The molecule has 0 spiro atoms. The Balaban J connectivity index is 1.86. The van der Waals surface area contributed by atoms with Crippen molar-refractivity contribution >= 4 is 5.91 Å². The van der Waals surface area contributed by atoms with Crippen molar-refractivity contribution in [2.75, 3.05) is 27.3 Å². The lowest BCUT2D eigenvalue weighted by Gasteiger charge is -2.21. The van der Waals surface area contributed by atoms with Crippen LogP contribution in [0, 0.1) is 11.6 Å². The molecule has 0 aliphatic rings. The number of carbonyl (C=O) groups is 1. The molecule has 0 unspecified atom stereocenters. The first-order valence-electron chi connectivity index (χ1n) is 11.8. The number of unbranched alkanes of at least 4 members (excludes halogenated alkanes) is 1. The zero-order chi connectivity index (χ0) is 26.9. The standard InChI is InChI=1S/C26H30F2N4O5/c1-4-5-12-20-31-25(34)21(26(35)32(20)23-18(36-2)10-7-11-19(23)37-3)24(33)30-14-13-29-15-16-8-6-9-17(27)22(16)28/h6-11,29,35H,4-5,12-15H2,1-3H3,(H,30,33). The molecule has 1 amide bonds. The van der Waals surface area contributed by atoms with Crippen molar-refractivity contribution in [3.63, 3.8) is 0 Å². The lowest BCUT2D eigenvalue weighted by atomic mass is 10.2. The highest BCUT2D eigenvalue weighted by Crippen LogP contribution is 2.36. The van der Waals surface area contributed by atoms with Gasteiger partial charge in [-0.3, -0.25) is 14.2 Å². The molecule has 0 bridgehead atoms. The summed E-state index contributed by atoms with van der Waals surface area (Å²) in [4.78, 5) is 29.8. The topological polar surface area (TPSA) is 115 Å². The first-order valence-corrected chi connectivity index (χ1v) is 11.8. The Labute approximate surface area is 213 Å². The number of amides is 1. The van der Waals surface area contributed by atoms with Crippen molar-refractivity contribution in [2.45, 2.75) is 32.7 Å². The summed E-state index contributed by atoms with van der Waals surface area (Å²) in [7, 11) is 2.90. The third-order valence-electron chi connectivity index (χ3n) is 5.68. The average Bonchev–Trinajstić information content (AvgIpc) is 2.89. The molecule has 2 aromatic carbocycles. The lowest BCUT2D eigenvalue weighted by Crippen LogP contribution is -2.36. The minimum absolute atomic E-state index is 0.0405. The maximum absolute atomic E-state index is 13.8. The number of nitrogens with one attached hydrogen (secondary N) is 2. The molecular formula is C26H30F2N4O5. The predicted octanol–water partition coefficient (Wildman–Crippen LogP) is 3.10. The molecule has 198 valence electrons. The molecule has 37 heavy (non-hydrogen) atoms. The molecular weight excluding hydrogens is 486 g/mol. The van der Waals surface area contributed by atoms with Gasteiger partial charge in [0.1, 0.15) is 23.0 Å². The second-order valence-electron chi connectivity index (χ2n) is 8.13. The number of carbonyl (C=O) groups excluding carboxylic acids is 1. The first kappa shape index (κ1) is 27.6. The summed E-state index contributed by atoms with van der Waals surface area (Å²) >= 11 is 0. The number of rotatable bonds is 12. The van der Waals surface area contributed by atoms with Gasteiger partial charge in [0.15, 0.2) is 17.2 Å². The molecule has 11 heteroatoms. The number of halogens is 2. The van der Waals surface area contributed by atoms with Gasteiger partial charge in [-0.2, -0.15) is 4.98 Å². The monoisotopic (exact) mass is 516 g/mol. The summed E-state index contributed by atoms with van der Waals surface area (Å²) in [6, 6.07) is 8.90. The number of hydrogen-bond acceptors (Lipinski definition) is 7. The van der Waals surface area contributed by atoms with E-state index in [1.807, 2.05) is 6.92 Å². The van der Waals surface area contributed by atoms with Crippen molar-refractivity contribution in [1.29, 1.82) is 0 Å². The van der Waals surface area contributed by atoms with Crippen LogP contribution in [0.1, 0.15) is 41.5 Å². The van der Waals surface area contributed by atoms with Crippen LogP contribution in [-0.2, 0) is 13.0 Å². The molecule has 0 saturated heterocycles. The lowest BCUT2D eigenvalue weighted by molar-refractivity contribution is 0.0948.